The van der Waals surface area contributed by atoms with Crippen molar-refractivity contribution in [2.75, 3.05) is 7.11 Å². The van der Waals surface area contributed by atoms with E-state index in [4.69, 9.17) is 0 Å². The molecular formula is C20H17N4O5S+. The zero-order valence-corrected chi connectivity index (χ0v) is 16.6. The van der Waals surface area contributed by atoms with Crippen molar-refractivity contribution >= 4 is 34.9 Å². The molecule has 3 rings (SSSR count). The van der Waals surface area contributed by atoms with Crippen molar-refractivity contribution in [3.05, 3.63) is 82.1 Å². The van der Waals surface area contributed by atoms with Crippen LogP contribution >= 0.6 is 11.3 Å². The highest BCUT2D eigenvalue weighted by Crippen LogP contribution is 2.09. The number of Topliss-reactive ketones (excluding diaryl/α,β-unsaturated/α-hetero) is 1. The van der Waals surface area contributed by atoms with Gasteiger partial charge in [0.2, 0.25) is 12.3 Å². The number of methoxy groups -OCH3 is 1. The Bertz CT molecular complexity index is 1080. The fraction of sp³-hybridized carbons (Fsp3) is 0.100. The van der Waals surface area contributed by atoms with E-state index in [1.54, 1.807) is 35.0 Å². The van der Waals surface area contributed by atoms with Gasteiger partial charge in [0.25, 0.3) is 11.8 Å². The number of esters is 1. The number of hydrogen-bond donors (Lipinski definition) is 2. The molecule has 0 aliphatic carbocycles. The average Bonchev–Trinajstić information content (AvgIpc) is 3.32. The van der Waals surface area contributed by atoms with E-state index in [2.05, 4.69) is 20.6 Å². The van der Waals surface area contributed by atoms with E-state index < -0.39 is 17.8 Å². The van der Waals surface area contributed by atoms with Crippen molar-refractivity contribution in [3.63, 3.8) is 0 Å². The highest BCUT2D eigenvalue weighted by atomic mass is 32.1. The summed E-state index contributed by atoms with van der Waals surface area (Å²) in [5, 5.41) is 1.82. The fourth-order valence-electron chi connectivity index (χ4n) is 2.45. The third-order valence-electron chi connectivity index (χ3n) is 3.95. The Labute approximate surface area is 175 Å². The van der Waals surface area contributed by atoms with Crippen LogP contribution in [0.1, 0.15) is 40.9 Å². The summed E-state index contributed by atoms with van der Waals surface area (Å²) in [6.45, 7) is 0.0895. The van der Waals surface area contributed by atoms with Crippen LogP contribution in [0.4, 0.5) is 0 Å². The molecule has 30 heavy (non-hydrogen) atoms. The van der Waals surface area contributed by atoms with Crippen molar-refractivity contribution in [2.24, 2.45) is 0 Å². The Morgan fingerprint density at radius 1 is 1.03 bits per heavy atom. The van der Waals surface area contributed by atoms with E-state index in [1.165, 1.54) is 43.0 Å². The Hall–Kier alpha value is -3.92. The number of amides is 2. The van der Waals surface area contributed by atoms with Crippen molar-refractivity contribution in [2.45, 2.75) is 6.54 Å². The molecule has 0 saturated carbocycles. The van der Waals surface area contributed by atoms with E-state index in [-0.39, 0.29) is 29.1 Å². The van der Waals surface area contributed by atoms with Gasteiger partial charge in [-0.25, -0.2) is 9.78 Å². The third kappa shape index (κ3) is 5.11. The lowest BCUT2D eigenvalue weighted by molar-refractivity contribution is -0.683. The van der Waals surface area contributed by atoms with Crippen LogP contribution < -0.4 is 15.4 Å². The molecule has 0 aromatic carbocycles. The highest BCUT2D eigenvalue weighted by molar-refractivity contribution is 7.12. The minimum Gasteiger partial charge on any atom is -0.464 e. The molecule has 0 spiro atoms. The molecule has 2 amide bonds. The van der Waals surface area contributed by atoms with Crippen LogP contribution in [-0.4, -0.2) is 35.7 Å². The van der Waals surface area contributed by atoms with Crippen molar-refractivity contribution < 1.29 is 28.5 Å². The summed E-state index contributed by atoms with van der Waals surface area (Å²) in [5.41, 5.74) is 5.04. The number of thiophene rings is 1. The molecule has 0 aliphatic rings. The second-order valence-electron chi connectivity index (χ2n) is 6.00. The largest absolute Gasteiger partial charge is 0.464 e. The predicted molar refractivity (Wildman–Crippen MR) is 106 cm³/mol. The summed E-state index contributed by atoms with van der Waals surface area (Å²) in [5.74, 6) is -1.85. The molecule has 10 heteroatoms. The molecule has 0 fully saturated rings. The number of nitrogens with one attached hydrogen (secondary N) is 2. The molecule has 0 unspecified atom stereocenters. The van der Waals surface area contributed by atoms with Gasteiger partial charge in [0, 0.05) is 12.3 Å². The van der Waals surface area contributed by atoms with Crippen molar-refractivity contribution in [3.8, 4) is 0 Å². The maximum Gasteiger partial charge on any atom is 0.356 e. The first-order valence-corrected chi connectivity index (χ1v) is 9.57. The van der Waals surface area contributed by atoms with Gasteiger partial charge in [-0.15, -0.1) is 11.3 Å². The normalized spacial score (nSPS) is 10.2. The van der Waals surface area contributed by atoms with Gasteiger partial charge < -0.3 is 4.74 Å². The number of nitrogens with zero attached hydrogens (tertiary/aromatic N) is 2. The van der Waals surface area contributed by atoms with E-state index in [0.717, 1.165) is 0 Å². The number of rotatable bonds is 6. The summed E-state index contributed by atoms with van der Waals surface area (Å²) in [6.07, 6.45) is 4.38. The first kappa shape index (κ1) is 20.8. The van der Waals surface area contributed by atoms with Gasteiger partial charge in [0.05, 0.1) is 17.6 Å². The van der Waals surface area contributed by atoms with Crippen LogP contribution in [0.2, 0.25) is 0 Å². The molecule has 0 saturated heterocycles. The summed E-state index contributed by atoms with van der Waals surface area (Å²) >= 11 is 1.35. The first-order valence-electron chi connectivity index (χ1n) is 8.69. The van der Waals surface area contributed by atoms with Gasteiger partial charge in [0.15, 0.2) is 12.4 Å². The number of hydrazine groups is 1. The van der Waals surface area contributed by atoms with E-state index >= 15 is 0 Å². The lowest BCUT2D eigenvalue weighted by Crippen LogP contribution is -2.43. The number of carbonyl (C=O) groups is 4. The van der Waals surface area contributed by atoms with Gasteiger partial charge >= 0.3 is 5.97 Å². The Morgan fingerprint density at radius 3 is 2.43 bits per heavy atom. The fourth-order valence-corrected chi connectivity index (χ4v) is 3.10. The topological polar surface area (TPSA) is 118 Å². The number of aromatic nitrogens is 2. The maximum absolute atomic E-state index is 12.3. The predicted octanol–water partition coefficient (Wildman–Crippen LogP) is 1.17. The smallest absolute Gasteiger partial charge is 0.356 e. The monoisotopic (exact) mass is 425 g/mol. The number of hydrogen-bond acceptors (Lipinski definition) is 7. The van der Waals surface area contributed by atoms with E-state index in [1.807, 2.05) is 5.38 Å². The molecule has 3 aromatic heterocycles. The zero-order chi connectivity index (χ0) is 21.5. The van der Waals surface area contributed by atoms with Crippen LogP contribution in [0.25, 0.3) is 0 Å². The minimum atomic E-state index is -0.620. The van der Waals surface area contributed by atoms with Crippen LogP contribution in [0.15, 0.2) is 60.4 Å². The molecule has 3 aromatic rings. The van der Waals surface area contributed by atoms with Crippen LogP contribution in [0.3, 0.4) is 0 Å². The average molecular weight is 425 g/mol. The lowest BCUT2D eigenvalue weighted by atomic mass is 10.2. The van der Waals surface area contributed by atoms with Gasteiger partial charge in [-0.1, -0.05) is 6.07 Å². The first-order chi connectivity index (χ1) is 14.5. The second kappa shape index (κ2) is 9.52. The molecule has 3 heterocycles. The molecule has 9 nitrogen and oxygen atoms in total. The molecule has 2 N–H and O–H groups in total. The number of ether oxygens (including phenoxy) is 1. The molecule has 0 radical (unpaired) electrons. The van der Waals surface area contributed by atoms with Gasteiger partial charge in [0.1, 0.15) is 11.3 Å². The number of pyridine rings is 2. The number of ketones is 1. The molecular weight excluding hydrogens is 408 g/mol. The minimum absolute atomic E-state index is 0.0593. The van der Waals surface area contributed by atoms with Gasteiger partial charge in [-0.05, 0) is 29.6 Å². The molecule has 0 aliphatic heterocycles. The van der Waals surface area contributed by atoms with Gasteiger partial charge in [-0.2, -0.15) is 4.57 Å². The van der Waals surface area contributed by atoms with Gasteiger partial charge in [-0.3, -0.25) is 25.2 Å². The van der Waals surface area contributed by atoms with Crippen LogP contribution in [0.5, 0.6) is 0 Å². The summed E-state index contributed by atoms with van der Waals surface area (Å²) in [6, 6.07) is 9.45. The summed E-state index contributed by atoms with van der Waals surface area (Å²) in [4.78, 5) is 52.5. The zero-order valence-electron chi connectivity index (χ0n) is 15.8. The third-order valence-corrected chi connectivity index (χ3v) is 4.86. The summed E-state index contributed by atoms with van der Waals surface area (Å²) in [7, 11) is 1.23. The standard InChI is InChI=1S/C20H16N4O5S/c1-29-20(28)15-7-6-13(10-21-15)18(26)22-23-19(27)14-4-2-8-24(11-14)12-16(25)17-5-3-9-30-17/h2-11H,12H2,1H3,(H-,21,22,23,26,27,28)/p+1. The van der Waals surface area contributed by atoms with Crippen molar-refractivity contribution in [1.82, 2.24) is 15.8 Å². The Morgan fingerprint density at radius 2 is 1.80 bits per heavy atom. The Kier molecular flexibility index (Phi) is 6.60. The van der Waals surface area contributed by atoms with E-state index in [0.29, 0.717) is 4.88 Å². The SMILES string of the molecule is COC(=O)c1ccc(C(=O)NNC(=O)c2ccc[n+](CC(=O)c3cccs3)c2)cn1. The molecule has 0 bridgehead atoms. The second-order valence-corrected chi connectivity index (χ2v) is 6.95. The molecule has 0 atom stereocenters. The number of carbonyl (C=O) groups excluding carboxylic acids is 4. The lowest BCUT2D eigenvalue weighted by Gasteiger charge is -2.07. The molecule has 152 valence electrons. The Balaban J connectivity index is 1.58. The van der Waals surface area contributed by atoms with Crippen LogP contribution in [-0.2, 0) is 11.3 Å². The summed E-state index contributed by atoms with van der Waals surface area (Å²) < 4.78 is 6.13. The van der Waals surface area contributed by atoms with E-state index in [9.17, 15) is 19.2 Å². The highest BCUT2D eigenvalue weighted by Gasteiger charge is 2.17. The quantitative estimate of drug-likeness (QED) is 0.265. The van der Waals surface area contributed by atoms with Crippen molar-refractivity contribution in [1.29, 1.82) is 0 Å². The van der Waals surface area contributed by atoms with Crippen LogP contribution in [0, 0.1) is 0 Å². The maximum atomic E-state index is 12.3.